The molecule has 0 bridgehead atoms. The molecule has 1 heterocycles. The summed E-state index contributed by atoms with van der Waals surface area (Å²) >= 11 is 0. The van der Waals surface area contributed by atoms with Crippen LogP contribution in [0.15, 0.2) is 54.6 Å². The SMILES string of the molecule is CC(C)C[C@H](NC(=O)[C@@H](N)Cc1ccccc1)C(=O)N[C@@H](Cc1ccc(O)cc1)C(=O)N[C@H](C(=O)N[C@H](C(=O)N[C@@H](CC(=O)O)C(=O)N[C@H](C(=O)N1CCC[C@H]1C(=O)N[C@H](C(=O)O)C(C)C)C(C)C)C(C)C)[C@@H](C)O. The molecule has 0 saturated carbocycles. The molecule has 2 aromatic carbocycles. The Kier molecular flexibility index (Phi) is 24.1. The molecule has 1 saturated heterocycles. The highest BCUT2D eigenvalue weighted by atomic mass is 16.4. The van der Waals surface area contributed by atoms with E-state index < -0.39 is 144 Å². The predicted molar refractivity (Wildman–Crippen MR) is 274 cm³/mol. The number of aromatic hydroxyl groups is 1. The molecule has 0 unspecified atom stereocenters. The number of carboxylic acids is 2. The van der Waals surface area contributed by atoms with Gasteiger partial charge in [-0.2, -0.15) is 0 Å². The minimum Gasteiger partial charge on any atom is -0.508 e. The van der Waals surface area contributed by atoms with Gasteiger partial charge in [-0.25, -0.2) is 4.79 Å². The number of nitrogens with two attached hydrogens (primary N) is 1. The number of carboxylic acid groups (broad SMARTS) is 2. The lowest BCUT2D eigenvalue weighted by Gasteiger charge is -2.32. The summed E-state index contributed by atoms with van der Waals surface area (Å²) < 4.78 is 0. The zero-order valence-corrected chi connectivity index (χ0v) is 44.1. The number of rotatable bonds is 28. The van der Waals surface area contributed by atoms with Crippen LogP contribution in [0.4, 0.5) is 0 Å². The summed E-state index contributed by atoms with van der Waals surface area (Å²) in [6.45, 7) is 14.4. The molecule has 0 aliphatic carbocycles. The van der Waals surface area contributed by atoms with Crippen LogP contribution in [0.25, 0.3) is 0 Å². The Balaban J connectivity index is 1.83. The molecule has 1 aliphatic heterocycles. The Morgan fingerprint density at radius 1 is 0.573 bits per heavy atom. The fraction of sp³-hybridized carbons (Fsp3) is 0.577. The van der Waals surface area contributed by atoms with Crippen LogP contribution in [0.5, 0.6) is 5.75 Å². The predicted octanol–water partition coefficient (Wildman–Crippen LogP) is -0.156. The summed E-state index contributed by atoms with van der Waals surface area (Å²) in [7, 11) is 0. The summed E-state index contributed by atoms with van der Waals surface area (Å²) in [5, 5.41) is 57.9. The van der Waals surface area contributed by atoms with E-state index in [1.165, 1.54) is 49.9 Å². The van der Waals surface area contributed by atoms with Gasteiger partial charge in [-0.15, -0.1) is 0 Å². The van der Waals surface area contributed by atoms with Gasteiger partial charge in [0.25, 0.3) is 0 Å². The molecule has 10 atom stereocenters. The zero-order chi connectivity index (χ0) is 56.4. The maximum absolute atomic E-state index is 14.2. The molecule has 2 aromatic rings. The van der Waals surface area contributed by atoms with Crippen molar-refractivity contribution in [2.24, 2.45) is 29.4 Å². The second-order valence-corrected chi connectivity index (χ2v) is 20.5. The van der Waals surface area contributed by atoms with Crippen LogP contribution in [0.2, 0.25) is 0 Å². The highest BCUT2D eigenvalue weighted by Crippen LogP contribution is 2.22. The van der Waals surface area contributed by atoms with Gasteiger partial charge in [0.05, 0.1) is 18.6 Å². The van der Waals surface area contributed by atoms with E-state index in [4.69, 9.17) is 5.73 Å². The molecule has 0 radical (unpaired) electrons. The molecule has 23 heteroatoms. The lowest BCUT2D eigenvalue weighted by atomic mass is 9.99. The highest BCUT2D eigenvalue weighted by molar-refractivity contribution is 5.99. The maximum atomic E-state index is 14.2. The largest absolute Gasteiger partial charge is 0.508 e. The van der Waals surface area contributed by atoms with Gasteiger partial charge in [0.2, 0.25) is 47.3 Å². The molecule has 23 nitrogen and oxygen atoms in total. The molecule has 0 aromatic heterocycles. The number of nitrogens with one attached hydrogen (secondary N) is 7. The molecule has 75 heavy (non-hydrogen) atoms. The monoisotopic (exact) mass is 1050 g/mol. The number of aliphatic carboxylic acids is 2. The first-order valence-corrected chi connectivity index (χ1v) is 25.2. The van der Waals surface area contributed by atoms with E-state index in [-0.39, 0.29) is 43.9 Å². The lowest BCUT2D eigenvalue weighted by molar-refractivity contribution is -0.146. The third kappa shape index (κ3) is 19.3. The number of hydrogen-bond acceptors (Lipinski definition) is 13. The van der Waals surface area contributed by atoms with Crippen LogP contribution in [0.3, 0.4) is 0 Å². The first-order chi connectivity index (χ1) is 35.1. The number of phenolic OH excluding ortho intramolecular Hbond substituents is 1. The number of aliphatic hydroxyl groups excluding tert-OH is 1. The van der Waals surface area contributed by atoms with Gasteiger partial charge < -0.3 is 68.3 Å². The topological polar surface area (TPSA) is 365 Å². The molecular formula is C52H77N9O14. The minimum absolute atomic E-state index is 0.0790. The second-order valence-electron chi connectivity index (χ2n) is 20.5. The number of carbonyl (C=O) groups is 10. The molecule has 1 aliphatic rings. The summed E-state index contributed by atoms with van der Waals surface area (Å²) in [6.07, 6.45) is -1.87. The number of hydrogen-bond donors (Lipinski definition) is 12. The van der Waals surface area contributed by atoms with Gasteiger partial charge >= 0.3 is 11.9 Å². The summed E-state index contributed by atoms with van der Waals surface area (Å²) in [4.78, 5) is 136. The van der Waals surface area contributed by atoms with Crippen molar-refractivity contribution in [1.82, 2.24) is 42.1 Å². The number of phenols is 1. The number of benzene rings is 2. The van der Waals surface area contributed by atoms with Crippen molar-refractivity contribution in [2.75, 3.05) is 6.54 Å². The summed E-state index contributed by atoms with van der Waals surface area (Å²) in [5.41, 5.74) is 7.48. The van der Waals surface area contributed by atoms with Crippen LogP contribution >= 0.6 is 0 Å². The van der Waals surface area contributed by atoms with Crippen molar-refractivity contribution in [1.29, 1.82) is 0 Å². The van der Waals surface area contributed by atoms with Gasteiger partial charge in [-0.3, -0.25) is 43.2 Å². The highest BCUT2D eigenvalue weighted by Gasteiger charge is 2.42. The fourth-order valence-corrected chi connectivity index (χ4v) is 8.39. The lowest BCUT2D eigenvalue weighted by Crippen LogP contribution is -2.63. The van der Waals surface area contributed by atoms with Crippen LogP contribution in [-0.4, -0.2) is 152 Å². The van der Waals surface area contributed by atoms with E-state index in [0.717, 1.165) is 5.56 Å². The summed E-state index contributed by atoms with van der Waals surface area (Å²) in [6, 6.07) is 2.36. The van der Waals surface area contributed by atoms with Crippen molar-refractivity contribution >= 4 is 59.2 Å². The Morgan fingerprint density at radius 2 is 1.07 bits per heavy atom. The average Bonchev–Trinajstić information content (AvgIpc) is 3.83. The Morgan fingerprint density at radius 3 is 1.60 bits per heavy atom. The van der Waals surface area contributed by atoms with Crippen molar-refractivity contribution in [3.8, 4) is 5.75 Å². The molecule has 414 valence electrons. The number of aliphatic hydroxyl groups is 1. The van der Waals surface area contributed by atoms with Gasteiger partial charge in [0, 0.05) is 13.0 Å². The number of nitrogens with zero attached hydrogens (tertiary/aromatic N) is 1. The summed E-state index contributed by atoms with van der Waals surface area (Å²) in [5.74, 6) is -11.8. The Labute approximate surface area is 437 Å². The van der Waals surface area contributed by atoms with Crippen molar-refractivity contribution < 1.29 is 68.4 Å². The zero-order valence-electron chi connectivity index (χ0n) is 44.1. The van der Waals surface area contributed by atoms with Gasteiger partial charge in [0.15, 0.2) is 0 Å². The van der Waals surface area contributed by atoms with E-state index in [1.54, 1.807) is 52.0 Å². The van der Waals surface area contributed by atoms with Gasteiger partial charge in [-0.1, -0.05) is 97.9 Å². The Hall–Kier alpha value is -7.14. The quantitative estimate of drug-likeness (QED) is 0.0527. The Bertz CT molecular complexity index is 2310. The number of likely N-dealkylation sites (tertiary alicyclic amines) is 1. The van der Waals surface area contributed by atoms with Crippen molar-refractivity contribution in [2.45, 2.75) is 161 Å². The molecule has 3 rings (SSSR count). The first-order valence-electron chi connectivity index (χ1n) is 25.2. The molecular weight excluding hydrogens is 975 g/mol. The van der Waals surface area contributed by atoms with Crippen LogP contribution in [0, 0.1) is 23.7 Å². The third-order valence-corrected chi connectivity index (χ3v) is 12.6. The fourth-order valence-electron chi connectivity index (χ4n) is 8.39. The smallest absolute Gasteiger partial charge is 0.326 e. The van der Waals surface area contributed by atoms with E-state index >= 15 is 0 Å². The standard InChI is InChI=1S/C52H77N9O14/c1-26(2)22-35(54-44(66)34(53)23-31-14-11-10-12-15-31)45(67)55-36(24-32-17-19-33(63)20-18-32)46(68)60-43(30(9)62)50(72)57-40(27(3)4)49(71)56-37(25-39(64)65)47(69)58-41(28(5)6)51(73)61-21-13-16-38(61)48(70)59-42(29(7)8)52(74)75/h10-12,14-15,17-20,26-30,34-38,40-43,62-63H,13,16,21-25,53H2,1-9H3,(H,54,66)(H,55,67)(H,56,71)(H,57,72)(H,58,69)(H,59,70)(H,60,68)(H,64,65)(H,74,75)/t30-,34+,35+,36+,37+,38+,40+,41+,42+,43+/m1/s1. The average molecular weight is 1050 g/mol. The van der Waals surface area contributed by atoms with Gasteiger partial charge in [-0.05, 0) is 79.5 Å². The number of carbonyl (C=O) groups excluding carboxylic acids is 8. The van der Waals surface area contributed by atoms with Crippen LogP contribution in [-0.2, 0) is 60.8 Å². The third-order valence-electron chi connectivity index (χ3n) is 12.6. The first kappa shape index (κ1) is 62.2. The molecule has 8 amide bonds. The van der Waals surface area contributed by atoms with Gasteiger partial charge in [0.1, 0.15) is 54.1 Å². The molecule has 0 spiro atoms. The van der Waals surface area contributed by atoms with Crippen molar-refractivity contribution in [3.63, 3.8) is 0 Å². The maximum Gasteiger partial charge on any atom is 0.326 e. The van der Waals surface area contributed by atoms with Crippen molar-refractivity contribution in [3.05, 3.63) is 65.7 Å². The van der Waals surface area contributed by atoms with Crippen LogP contribution in [0.1, 0.15) is 99.1 Å². The van der Waals surface area contributed by atoms with E-state index in [9.17, 15) is 68.4 Å². The van der Waals surface area contributed by atoms with Crippen LogP contribution < -0.4 is 43.0 Å². The van der Waals surface area contributed by atoms with E-state index in [2.05, 4.69) is 37.2 Å². The van der Waals surface area contributed by atoms with E-state index in [1.807, 2.05) is 19.9 Å². The molecule has 1 fully saturated rings. The molecule has 13 N–H and O–H groups in total. The normalized spacial score (nSPS) is 17.1. The van der Waals surface area contributed by atoms with E-state index in [0.29, 0.717) is 12.0 Å². The minimum atomic E-state index is -1.82. The second kappa shape index (κ2) is 29.1. The number of amides is 8.